The maximum atomic E-state index is 14.1. The summed E-state index contributed by atoms with van der Waals surface area (Å²) in [5.74, 6) is 0.543. The van der Waals surface area contributed by atoms with Crippen LogP contribution in [-0.2, 0) is 11.3 Å². The molecule has 2 aromatic heterocycles. The van der Waals surface area contributed by atoms with Crippen LogP contribution in [0.3, 0.4) is 0 Å². The van der Waals surface area contributed by atoms with Crippen LogP contribution in [-0.4, -0.2) is 38.1 Å². The van der Waals surface area contributed by atoms with Crippen LogP contribution in [0, 0.1) is 0 Å². The van der Waals surface area contributed by atoms with E-state index in [2.05, 4.69) is 9.97 Å². The number of hydrogen-bond acceptors (Lipinski definition) is 4. The molecule has 26 heavy (non-hydrogen) atoms. The monoisotopic (exact) mass is 374 g/mol. The predicted molar refractivity (Wildman–Crippen MR) is 93.6 cm³/mol. The first-order valence-electron chi connectivity index (χ1n) is 8.22. The molecule has 0 saturated carbocycles. The van der Waals surface area contributed by atoms with Crippen molar-refractivity contribution in [1.29, 1.82) is 0 Å². The number of benzene rings is 1. The molecule has 1 aliphatic rings. The molecule has 4 rings (SSSR count). The second-order valence-electron chi connectivity index (χ2n) is 6.13. The van der Waals surface area contributed by atoms with Gasteiger partial charge in [0.1, 0.15) is 24.1 Å². The van der Waals surface area contributed by atoms with Crippen molar-refractivity contribution in [1.82, 2.24) is 19.3 Å². The summed E-state index contributed by atoms with van der Waals surface area (Å²) < 4.78 is 21.2. The summed E-state index contributed by atoms with van der Waals surface area (Å²) in [6.45, 7) is 0.115. The highest BCUT2D eigenvalue weighted by Crippen LogP contribution is 2.34. The minimum atomic E-state index is -1.13. The molecule has 0 unspecified atom stereocenters. The third-order valence-electron chi connectivity index (χ3n) is 4.43. The Morgan fingerprint density at radius 1 is 1.31 bits per heavy atom. The normalized spacial score (nSPS) is 19.8. The molecule has 1 amide bonds. The molecule has 0 N–H and O–H groups in total. The number of amides is 1. The van der Waals surface area contributed by atoms with Gasteiger partial charge >= 0.3 is 6.09 Å². The smallest absolute Gasteiger partial charge is 0.410 e. The summed E-state index contributed by atoms with van der Waals surface area (Å²) in [7, 11) is 0. The molecule has 0 radical (unpaired) electrons. The molecule has 8 heteroatoms. The van der Waals surface area contributed by atoms with Crippen LogP contribution in [0.4, 0.5) is 9.18 Å². The average Bonchev–Trinajstić information content (AvgIpc) is 3.25. The zero-order chi connectivity index (χ0) is 18.1. The lowest BCUT2D eigenvalue weighted by Gasteiger charge is -2.23. The SMILES string of the molecule is O=C(OCc1ccccc1)N1C[C@@H](F)C[C@H]1c1ncc2c(Cl)nccn12. The zero-order valence-corrected chi connectivity index (χ0v) is 14.5. The summed E-state index contributed by atoms with van der Waals surface area (Å²) in [6, 6.07) is 8.84. The lowest BCUT2D eigenvalue weighted by molar-refractivity contribution is 0.0893. The Hall–Kier alpha value is -2.67. The number of carbonyl (C=O) groups excluding carboxylic acids is 1. The van der Waals surface area contributed by atoms with Crippen molar-refractivity contribution in [3.63, 3.8) is 0 Å². The topological polar surface area (TPSA) is 59.7 Å². The van der Waals surface area contributed by atoms with Crippen LogP contribution >= 0.6 is 11.6 Å². The van der Waals surface area contributed by atoms with E-state index in [1.807, 2.05) is 30.3 Å². The number of halogens is 2. The van der Waals surface area contributed by atoms with Gasteiger partial charge in [-0.05, 0) is 5.56 Å². The largest absolute Gasteiger partial charge is 0.445 e. The molecule has 0 aliphatic carbocycles. The molecular weight excluding hydrogens is 359 g/mol. The summed E-state index contributed by atoms with van der Waals surface area (Å²) in [6.07, 6.45) is 3.29. The predicted octanol–water partition coefficient (Wildman–Crippen LogP) is 3.80. The molecular formula is C18H16ClFN4O2. The van der Waals surface area contributed by atoms with E-state index in [0.717, 1.165) is 5.56 Å². The lowest BCUT2D eigenvalue weighted by atomic mass is 10.2. The van der Waals surface area contributed by atoms with E-state index in [4.69, 9.17) is 16.3 Å². The van der Waals surface area contributed by atoms with Crippen molar-refractivity contribution in [3.8, 4) is 0 Å². The Balaban J connectivity index is 1.56. The number of hydrogen-bond donors (Lipinski definition) is 0. The summed E-state index contributed by atoms with van der Waals surface area (Å²) >= 11 is 6.07. The number of rotatable bonds is 3. The van der Waals surface area contributed by atoms with E-state index >= 15 is 0 Å². The minimum absolute atomic E-state index is 0.0218. The average molecular weight is 375 g/mol. The molecule has 6 nitrogen and oxygen atoms in total. The van der Waals surface area contributed by atoms with Crippen LogP contribution in [0.1, 0.15) is 23.9 Å². The number of aromatic nitrogens is 3. The maximum Gasteiger partial charge on any atom is 0.410 e. The highest BCUT2D eigenvalue weighted by atomic mass is 35.5. The van der Waals surface area contributed by atoms with Gasteiger partial charge in [-0.1, -0.05) is 41.9 Å². The van der Waals surface area contributed by atoms with Gasteiger partial charge in [-0.3, -0.25) is 9.30 Å². The molecule has 3 heterocycles. The Morgan fingerprint density at radius 2 is 2.12 bits per heavy atom. The molecule has 0 spiro atoms. The first kappa shape index (κ1) is 16.8. The number of imidazole rings is 1. The van der Waals surface area contributed by atoms with Crippen molar-refractivity contribution < 1.29 is 13.9 Å². The van der Waals surface area contributed by atoms with Crippen molar-refractivity contribution in [2.75, 3.05) is 6.54 Å². The van der Waals surface area contributed by atoms with Gasteiger partial charge in [-0.15, -0.1) is 0 Å². The molecule has 3 aromatic rings. The highest BCUT2D eigenvalue weighted by Gasteiger charge is 2.39. The molecule has 1 fully saturated rings. The van der Waals surface area contributed by atoms with Crippen LogP contribution in [0.25, 0.3) is 5.52 Å². The van der Waals surface area contributed by atoms with Crippen LogP contribution < -0.4 is 0 Å². The zero-order valence-electron chi connectivity index (χ0n) is 13.8. The second-order valence-corrected chi connectivity index (χ2v) is 6.49. The van der Waals surface area contributed by atoms with Crippen LogP contribution in [0.15, 0.2) is 48.9 Å². The van der Waals surface area contributed by atoms with Gasteiger partial charge in [0.15, 0.2) is 5.15 Å². The van der Waals surface area contributed by atoms with Crippen LogP contribution in [0.2, 0.25) is 5.15 Å². The highest BCUT2D eigenvalue weighted by molar-refractivity contribution is 6.32. The molecule has 1 saturated heterocycles. The van der Waals surface area contributed by atoms with Crippen molar-refractivity contribution in [3.05, 3.63) is 65.5 Å². The third kappa shape index (κ3) is 3.10. The fourth-order valence-corrected chi connectivity index (χ4v) is 3.39. The van der Waals surface area contributed by atoms with Crippen LogP contribution in [0.5, 0.6) is 0 Å². The number of alkyl halides is 1. The Labute approximate surface area is 154 Å². The number of ether oxygens (including phenoxy) is 1. The van der Waals surface area contributed by atoms with Gasteiger partial charge in [-0.2, -0.15) is 0 Å². The summed E-state index contributed by atoms with van der Waals surface area (Å²) in [5.41, 5.74) is 1.49. The van der Waals surface area contributed by atoms with E-state index in [1.54, 1.807) is 23.0 Å². The fraction of sp³-hybridized carbons (Fsp3) is 0.278. The number of nitrogens with zero attached hydrogens (tertiary/aromatic N) is 4. The lowest BCUT2D eigenvalue weighted by Crippen LogP contribution is -2.32. The molecule has 0 bridgehead atoms. The Bertz CT molecular complexity index is 933. The van der Waals surface area contributed by atoms with Gasteiger partial charge < -0.3 is 4.74 Å². The van der Waals surface area contributed by atoms with E-state index in [0.29, 0.717) is 16.5 Å². The van der Waals surface area contributed by atoms with Crippen molar-refractivity contribution in [2.45, 2.75) is 25.2 Å². The van der Waals surface area contributed by atoms with Gasteiger partial charge in [-0.25, -0.2) is 19.2 Å². The van der Waals surface area contributed by atoms with Crippen molar-refractivity contribution in [2.24, 2.45) is 0 Å². The maximum absolute atomic E-state index is 14.1. The first-order valence-corrected chi connectivity index (χ1v) is 8.60. The van der Waals surface area contributed by atoms with Gasteiger partial charge in [0.05, 0.1) is 18.8 Å². The molecule has 1 aliphatic heterocycles. The van der Waals surface area contributed by atoms with Gasteiger partial charge in [0, 0.05) is 18.8 Å². The molecule has 1 aromatic carbocycles. The van der Waals surface area contributed by atoms with E-state index in [9.17, 15) is 9.18 Å². The summed E-state index contributed by atoms with van der Waals surface area (Å²) in [5, 5.41) is 0.305. The Morgan fingerprint density at radius 3 is 2.92 bits per heavy atom. The van der Waals surface area contributed by atoms with Gasteiger partial charge in [0.2, 0.25) is 0 Å². The Kier molecular flexibility index (Phi) is 4.46. The quantitative estimate of drug-likeness (QED) is 0.699. The number of carbonyl (C=O) groups is 1. The van der Waals surface area contributed by atoms with E-state index in [-0.39, 0.29) is 19.6 Å². The number of fused-ring (bicyclic) bond motifs is 1. The second kappa shape index (κ2) is 6.92. The van der Waals surface area contributed by atoms with E-state index < -0.39 is 18.3 Å². The first-order chi connectivity index (χ1) is 12.6. The fourth-order valence-electron chi connectivity index (χ4n) is 3.20. The van der Waals surface area contributed by atoms with Crippen molar-refractivity contribution >= 4 is 23.2 Å². The molecule has 134 valence electrons. The summed E-state index contributed by atoms with van der Waals surface area (Å²) in [4.78, 5) is 22.3. The van der Waals surface area contributed by atoms with E-state index in [1.165, 1.54) is 4.90 Å². The third-order valence-corrected chi connectivity index (χ3v) is 4.72. The van der Waals surface area contributed by atoms with Gasteiger partial charge in [0.25, 0.3) is 0 Å². The standard InChI is InChI=1S/C18H16ClFN4O2/c19-16-15-9-22-17(23(15)7-6-21-16)14-8-13(20)10-24(14)18(25)26-11-12-4-2-1-3-5-12/h1-7,9,13-14H,8,10-11H2/t13-,14-/m0/s1. The minimum Gasteiger partial charge on any atom is -0.445 e. The molecule has 2 atom stereocenters. The number of likely N-dealkylation sites (tertiary alicyclic amines) is 1.